The van der Waals surface area contributed by atoms with Gasteiger partial charge in [-0.05, 0) is 31.9 Å². The highest BCUT2D eigenvalue weighted by Gasteiger charge is 2.19. The first-order valence-electron chi connectivity index (χ1n) is 5.71. The third kappa shape index (κ3) is 3.57. The van der Waals surface area contributed by atoms with Crippen molar-refractivity contribution in [2.24, 2.45) is 5.84 Å². The van der Waals surface area contributed by atoms with E-state index in [4.69, 9.17) is 10.9 Å². The number of rotatable bonds is 7. The van der Waals surface area contributed by atoms with Gasteiger partial charge in [-0.15, -0.1) is 0 Å². The Hall–Kier alpha value is -1.86. The number of nitro benzene ring substituents is 1. The summed E-state index contributed by atoms with van der Waals surface area (Å²) < 4.78 is 0. The second-order valence-electron chi connectivity index (χ2n) is 4.01. The fourth-order valence-corrected chi connectivity index (χ4v) is 1.71. The summed E-state index contributed by atoms with van der Waals surface area (Å²) in [6.45, 7) is 2.01. The van der Waals surface area contributed by atoms with Gasteiger partial charge in [-0.1, -0.05) is 6.07 Å². The molecule has 7 heteroatoms. The lowest BCUT2D eigenvalue weighted by molar-refractivity contribution is -0.383. The van der Waals surface area contributed by atoms with Crippen LogP contribution in [0.15, 0.2) is 18.2 Å². The van der Waals surface area contributed by atoms with Crippen molar-refractivity contribution in [1.82, 2.24) is 0 Å². The van der Waals surface area contributed by atoms with E-state index < -0.39 is 4.92 Å². The van der Waals surface area contributed by atoms with E-state index in [0.29, 0.717) is 12.1 Å². The highest BCUT2D eigenvalue weighted by molar-refractivity contribution is 5.75. The maximum absolute atomic E-state index is 11.0. The summed E-state index contributed by atoms with van der Waals surface area (Å²) in [7, 11) is 0. The number of aliphatic hydroxyl groups excluding tert-OH is 1. The Morgan fingerprint density at radius 3 is 2.72 bits per heavy atom. The van der Waals surface area contributed by atoms with Crippen LogP contribution in [0.1, 0.15) is 19.8 Å². The Morgan fingerprint density at radius 1 is 1.50 bits per heavy atom. The van der Waals surface area contributed by atoms with Gasteiger partial charge in [0, 0.05) is 12.6 Å². The SMILES string of the molecule is CC(CCCO)Nc1cccc(NN)c1[N+](=O)[O-]. The second kappa shape index (κ2) is 6.77. The van der Waals surface area contributed by atoms with E-state index in [1.807, 2.05) is 6.92 Å². The number of para-hydroxylation sites is 1. The third-order valence-corrected chi connectivity index (χ3v) is 2.57. The van der Waals surface area contributed by atoms with Gasteiger partial charge >= 0.3 is 5.69 Å². The molecular formula is C11H18N4O3. The quantitative estimate of drug-likeness (QED) is 0.333. The molecule has 0 amide bonds. The molecule has 1 aromatic rings. The molecule has 0 radical (unpaired) electrons. The van der Waals surface area contributed by atoms with E-state index in [1.165, 1.54) is 0 Å². The average Bonchev–Trinajstić information content (AvgIpc) is 2.35. The Kier molecular flexibility index (Phi) is 5.34. The first-order valence-corrected chi connectivity index (χ1v) is 5.71. The lowest BCUT2D eigenvalue weighted by atomic mass is 10.1. The highest BCUT2D eigenvalue weighted by Crippen LogP contribution is 2.32. The Balaban J connectivity index is 2.90. The van der Waals surface area contributed by atoms with Crippen LogP contribution in [-0.2, 0) is 0 Å². The maximum atomic E-state index is 11.0. The molecule has 5 N–H and O–H groups in total. The smallest absolute Gasteiger partial charge is 0.316 e. The molecule has 0 saturated heterocycles. The van der Waals surface area contributed by atoms with Crippen molar-refractivity contribution in [3.8, 4) is 0 Å². The molecule has 7 nitrogen and oxygen atoms in total. The third-order valence-electron chi connectivity index (χ3n) is 2.57. The molecule has 0 spiro atoms. The topological polar surface area (TPSA) is 113 Å². The van der Waals surface area contributed by atoms with Gasteiger partial charge in [-0.25, -0.2) is 0 Å². The molecule has 0 aromatic heterocycles. The number of hydrogen-bond donors (Lipinski definition) is 4. The summed E-state index contributed by atoms with van der Waals surface area (Å²) in [5.74, 6) is 5.25. The number of benzene rings is 1. The van der Waals surface area contributed by atoms with Gasteiger partial charge in [-0.3, -0.25) is 16.0 Å². The maximum Gasteiger partial charge on any atom is 0.316 e. The molecule has 1 atom stereocenters. The van der Waals surface area contributed by atoms with Gasteiger partial charge < -0.3 is 15.8 Å². The molecule has 18 heavy (non-hydrogen) atoms. The number of aliphatic hydroxyl groups is 1. The van der Waals surface area contributed by atoms with E-state index >= 15 is 0 Å². The number of nitrogens with one attached hydrogen (secondary N) is 2. The van der Waals surface area contributed by atoms with E-state index in [1.54, 1.807) is 18.2 Å². The predicted molar refractivity (Wildman–Crippen MR) is 70.3 cm³/mol. The average molecular weight is 254 g/mol. The Labute approximate surface area is 105 Å². The van der Waals surface area contributed by atoms with Gasteiger partial charge in [0.05, 0.1) is 4.92 Å². The standard InChI is InChI=1S/C11H18N4O3/c1-8(4-3-7-16)13-9-5-2-6-10(14-12)11(9)15(17)18/h2,5-6,8,13-14,16H,3-4,7,12H2,1H3. The van der Waals surface area contributed by atoms with E-state index in [0.717, 1.165) is 6.42 Å². The summed E-state index contributed by atoms with van der Waals surface area (Å²) >= 11 is 0. The summed E-state index contributed by atoms with van der Waals surface area (Å²) in [6.07, 6.45) is 1.38. The van der Waals surface area contributed by atoms with Crippen LogP contribution in [0.3, 0.4) is 0 Å². The zero-order valence-corrected chi connectivity index (χ0v) is 10.2. The van der Waals surface area contributed by atoms with Crippen molar-refractivity contribution in [3.05, 3.63) is 28.3 Å². The van der Waals surface area contributed by atoms with E-state index in [9.17, 15) is 10.1 Å². The van der Waals surface area contributed by atoms with Crippen LogP contribution in [0, 0.1) is 10.1 Å². The van der Waals surface area contributed by atoms with Crippen molar-refractivity contribution >= 4 is 17.1 Å². The van der Waals surface area contributed by atoms with Gasteiger partial charge in [0.1, 0.15) is 11.4 Å². The minimum absolute atomic E-state index is 0.0314. The molecule has 1 rings (SSSR count). The van der Waals surface area contributed by atoms with Gasteiger partial charge in [0.2, 0.25) is 0 Å². The highest BCUT2D eigenvalue weighted by atomic mass is 16.6. The lowest BCUT2D eigenvalue weighted by Crippen LogP contribution is -2.17. The summed E-state index contributed by atoms with van der Waals surface area (Å²) in [5, 5.41) is 22.8. The molecule has 1 unspecified atom stereocenters. The minimum atomic E-state index is -0.476. The summed E-state index contributed by atoms with van der Waals surface area (Å²) in [4.78, 5) is 10.6. The van der Waals surface area contributed by atoms with Crippen LogP contribution in [0.4, 0.5) is 17.1 Å². The number of anilines is 2. The largest absolute Gasteiger partial charge is 0.396 e. The zero-order chi connectivity index (χ0) is 13.5. The van der Waals surface area contributed by atoms with Gasteiger partial charge in [0.25, 0.3) is 0 Å². The van der Waals surface area contributed by atoms with Crippen LogP contribution in [0.2, 0.25) is 0 Å². The number of nitrogens with two attached hydrogens (primary N) is 1. The second-order valence-corrected chi connectivity index (χ2v) is 4.01. The van der Waals surface area contributed by atoms with Crippen LogP contribution in [0.5, 0.6) is 0 Å². The molecule has 0 heterocycles. The molecule has 1 aromatic carbocycles. The van der Waals surface area contributed by atoms with Crippen molar-refractivity contribution in [3.63, 3.8) is 0 Å². The first kappa shape index (κ1) is 14.2. The normalized spacial score (nSPS) is 11.9. The molecular weight excluding hydrogens is 236 g/mol. The first-order chi connectivity index (χ1) is 8.60. The van der Waals surface area contributed by atoms with Crippen molar-refractivity contribution < 1.29 is 10.0 Å². The number of nitrogen functional groups attached to an aromatic ring is 1. The lowest BCUT2D eigenvalue weighted by Gasteiger charge is -2.15. The molecule has 0 aliphatic rings. The molecule has 0 saturated carbocycles. The minimum Gasteiger partial charge on any atom is -0.396 e. The molecule has 0 bridgehead atoms. The van der Waals surface area contributed by atoms with Gasteiger partial charge in [-0.2, -0.15) is 0 Å². The van der Waals surface area contributed by atoms with Crippen molar-refractivity contribution in [2.45, 2.75) is 25.8 Å². The van der Waals surface area contributed by atoms with Crippen LogP contribution < -0.4 is 16.6 Å². The van der Waals surface area contributed by atoms with Crippen LogP contribution in [-0.4, -0.2) is 22.7 Å². The molecule has 0 fully saturated rings. The predicted octanol–water partition coefficient (Wildman–Crippen LogP) is 1.45. The summed E-state index contributed by atoms with van der Waals surface area (Å²) in [5.41, 5.74) is 2.92. The molecule has 100 valence electrons. The summed E-state index contributed by atoms with van der Waals surface area (Å²) in [6, 6.07) is 4.89. The Morgan fingerprint density at radius 2 is 2.17 bits per heavy atom. The fourth-order valence-electron chi connectivity index (χ4n) is 1.71. The van der Waals surface area contributed by atoms with E-state index in [2.05, 4.69) is 10.7 Å². The van der Waals surface area contributed by atoms with Crippen LogP contribution >= 0.6 is 0 Å². The zero-order valence-electron chi connectivity index (χ0n) is 10.2. The van der Waals surface area contributed by atoms with Gasteiger partial charge in [0.15, 0.2) is 0 Å². The fraction of sp³-hybridized carbons (Fsp3) is 0.455. The number of hydrogen-bond acceptors (Lipinski definition) is 6. The number of hydrazine groups is 1. The van der Waals surface area contributed by atoms with Crippen molar-refractivity contribution in [1.29, 1.82) is 0 Å². The number of nitro groups is 1. The van der Waals surface area contributed by atoms with E-state index in [-0.39, 0.29) is 24.0 Å². The van der Waals surface area contributed by atoms with Crippen molar-refractivity contribution in [2.75, 3.05) is 17.3 Å². The Bertz CT molecular complexity index is 411. The van der Waals surface area contributed by atoms with Crippen LogP contribution in [0.25, 0.3) is 0 Å². The molecule has 0 aliphatic heterocycles. The molecule has 0 aliphatic carbocycles. The monoisotopic (exact) mass is 254 g/mol. The number of nitrogens with zero attached hydrogens (tertiary/aromatic N) is 1.